The Morgan fingerprint density at radius 3 is 0.849 bits per heavy atom. The molecule has 648 valence electrons. The Morgan fingerprint density at radius 2 is 0.424 bits per heavy atom. The van der Waals surface area contributed by atoms with Crippen molar-refractivity contribution in [2.24, 2.45) is 0 Å². The zero-order chi connectivity index (χ0) is 89.8. The molecule has 3 nitrogen and oxygen atoms in total. The quantitative estimate of drug-likeness (QED) is 0.123. The molecule has 0 N–H and O–H groups in total. The van der Waals surface area contributed by atoms with Gasteiger partial charge in [0.05, 0.1) is 33.3 Å². The molecular weight excluding hydrogens is 1680 g/mol. The topological polar surface area (TPSA) is 38.7 Å². The number of nitrogens with zero attached hydrogens (tertiary/aromatic N) is 3. The second kappa shape index (κ2) is 31.2. The second-order valence-corrected chi connectivity index (χ2v) is 37.4. The maximum absolute atomic E-state index is 5.18. The maximum atomic E-state index is 5.18. The Morgan fingerprint density at radius 1 is 0.137 bits per heavy atom. The van der Waals surface area contributed by atoms with Gasteiger partial charge in [-0.1, -0.05) is 458 Å². The molecule has 0 saturated heterocycles. The largest absolute Gasteiger partial charge is 0.256 e. The van der Waals surface area contributed by atoms with Crippen LogP contribution in [0, 0.1) is 0 Å². The highest BCUT2D eigenvalue weighted by molar-refractivity contribution is 6.29. The first-order chi connectivity index (χ1) is 68.0. The third-order valence-electron chi connectivity index (χ3n) is 31.2. The van der Waals surface area contributed by atoms with E-state index in [0.717, 1.165) is 17.1 Å². The van der Waals surface area contributed by atoms with Crippen LogP contribution in [0.1, 0.15) is 81.6 Å². The van der Waals surface area contributed by atoms with Gasteiger partial charge in [-0.2, -0.15) is 0 Å². The standard InChI is InChI=1S/C46H27N.2C44H27N.2CH4/c1-2-9-28(10-3-1)32-21-16-29-19-24-37-33(22-17-30-18-23-36(32)43(29)44(30)37)31-20-25-41-38(27-31)45-42(15-8-26-47-45)46(41)39-13-6-4-11-34(39)35-12-5-7-14-40(35)46;1-2-14-28(15-3-1)40-31-18-4-6-20-33(31)41(34-21-7-5-19-32(34)40)35-22-12-25-38-42(35)43-39(26-13-27-45-43)44(38)36-23-10-8-16-29(36)30-17-9-11-24-37(30)44;1-2-13-28(14-3-1)41-32-17-4-6-19-34(32)42(35-20-7-5-18-33(35)41)29-24-25-36-40(27-29)44(39-23-12-26-45-43(36)39)37-21-10-8-15-30(37)31-16-9-11-22-38(31)44;;/h1-27H;2*1-27H;2*1H4. The van der Waals surface area contributed by atoms with Gasteiger partial charge in [-0.15, -0.1) is 0 Å². The fourth-order valence-electron chi connectivity index (χ4n) is 26.0. The van der Waals surface area contributed by atoms with E-state index in [1.165, 1.54) is 259 Å². The molecule has 0 unspecified atom stereocenters. The SMILES string of the molecule is C.C.c1ccc(-c2c3ccccc3c(-c3ccc4c(c3)C3(c5ccccc5-c5ccccc53)c3cccnc3-4)c3ccccc23)cc1.c1ccc(-c2c3ccccc3c(-c3cccc4c3-c3ncccc3C43c4ccccc4-c4ccccc43)c3ccccc23)cc1.c1ccc(-c2ccc3ccc4c(-c5ccc6c(c5)-c5ncccc5C65c6ccccc6-c6ccccc65)ccc5ccc2c3c54)cc1. The number of benzene rings is 22. The van der Waals surface area contributed by atoms with Crippen molar-refractivity contribution in [2.45, 2.75) is 31.1 Å². The average Bonchev–Trinajstić information content (AvgIpc) is 1.47. The van der Waals surface area contributed by atoms with E-state index in [0.29, 0.717) is 0 Å². The molecule has 0 bridgehead atoms. The molecule has 6 aliphatic rings. The molecule has 0 aliphatic heterocycles. The van der Waals surface area contributed by atoms with Crippen LogP contribution < -0.4 is 0 Å². The summed E-state index contributed by atoms with van der Waals surface area (Å²) in [5, 5.41) is 18.0. The molecule has 3 heterocycles. The Balaban J connectivity index is 0.000000104. The minimum Gasteiger partial charge on any atom is -0.256 e. The third-order valence-corrected chi connectivity index (χ3v) is 31.2. The molecule has 0 radical (unpaired) electrons. The minimum absolute atomic E-state index is 0. The number of fused-ring (bicyclic) bond motifs is 34. The lowest BCUT2D eigenvalue weighted by Crippen LogP contribution is -2.25. The zero-order valence-electron chi connectivity index (χ0n) is 74.6. The van der Waals surface area contributed by atoms with Crippen molar-refractivity contribution in [2.75, 3.05) is 0 Å². The van der Waals surface area contributed by atoms with Gasteiger partial charge in [0.25, 0.3) is 0 Å². The van der Waals surface area contributed by atoms with Crippen LogP contribution in [-0.2, 0) is 16.2 Å². The smallest absolute Gasteiger partial charge is 0.0759 e. The Labute approximate surface area is 808 Å². The van der Waals surface area contributed by atoms with Gasteiger partial charge in [-0.05, 0) is 273 Å². The number of hydrogen-bond donors (Lipinski definition) is 0. The summed E-state index contributed by atoms with van der Waals surface area (Å²) in [5.74, 6) is 0. The van der Waals surface area contributed by atoms with Crippen LogP contribution in [0.4, 0.5) is 0 Å². The van der Waals surface area contributed by atoms with Crippen LogP contribution in [0.5, 0.6) is 0 Å². The fourth-order valence-corrected chi connectivity index (χ4v) is 26.0. The van der Waals surface area contributed by atoms with Gasteiger partial charge in [0.15, 0.2) is 0 Å². The first-order valence-corrected chi connectivity index (χ1v) is 47.7. The summed E-state index contributed by atoms with van der Waals surface area (Å²) >= 11 is 0. The predicted octanol–water partition coefficient (Wildman–Crippen LogP) is 35.1. The lowest BCUT2D eigenvalue weighted by Gasteiger charge is -2.30. The molecular formula is C136H89N3. The van der Waals surface area contributed by atoms with Crippen molar-refractivity contribution in [1.29, 1.82) is 0 Å². The van der Waals surface area contributed by atoms with E-state index in [9.17, 15) is 0 Å². The maximum Gasteiger partial charge on any atom is 0.0759 e. The predicted molar refractivity (Wildman–Crippen MR) is 581 cm³/mol. The molecule has 0 saturated carbocycles. The van der Waals surface area contributed by atoms with Gasteiger partial charge in [0.2, 0.25) is 0 Å². The van der Waals surface area contributed by atoms with E-state index >= 15 is 0 Å². The van der Waals surface area contributed by atoms with Crippen molar-refractivity contribution < 1.29 is 0 Å². The van der Waals surface area contributed by atoms with Crippen LogP contribution in [-0.4, -0.2) is 15.0 Å². The second-order valence-electron chi connectivity index (χ2n) is 37.4. The monoisotopic (exact) mass is 1760 g/mol. The van der Waals surface area contributed by atoms with Crippen LogP contribution in [0.2, 0.25) is 0 Å². The van der Waals surface area contributed by atoms with Gasteiger partial charge in [0, 0.05) is 35.3 Å². The van der Waals surface area contributed by atoms with E-state index in [-0.39, 0.29) is 20.3 Å². The minimum atomic E-state index is -0.419. The first kappa shape index (κ1) is 81.0. The van der Waals surface area contributed by atoms with Crippen molar-refractivity contribution in [3.63, 3.8) is 0 Å². The summed E-state index contributed by atoms with van der Waals surface area (Å²) in [6, 6.07) is 175. The Kier molecular flexibility index (Phi) is 18.2. The van der Waals surface area contributed by atoms with Gasteiger partial charge >= 0.3 is 0 Å². The van der Waals surface area contributed by atoms with Crippen LogP contribution in [0.3, 0.4) is 0 Å². The van der Waals surface area contributed by atoms with Crippen molar-refractivity contribution in [3.05, 3.63) is 559 Å². The highest BCUT2D eigenvalue weighted by Gasteiger charge is 2.56. The number of hydrogen-bond acceptors (Lipinski definition) is 3. The molecule has 0 amide bonds. The van der Waals surface area contributed by atoms with Crippen LogP contribution >= 0.6 is 0 Å². The first-order valence-electron chi connectivity index (χ1n) is 47.7. The molecule has 3 spiro atoms. The van der Waals surface area contributed by atoms with Crippen molar-refractivity contribution >= 4 is 75.4 Å². The van der Waals surface area contributed by atoms with E-state index in [2.05, 4.69) is 473 Å². The summed E-state index contributed by atoms with van der Waals surface area (Å²) in [4.78, 5) is 15.3. The van der Waals surface area contributed by atoms with Gasteiger partial charge in [-0.3, -0.25) is 15.0 Å². The Bertz CT molecular complexity index is 9060. The van der Waals surface area contributed by atoms with Crippen LogP contribution in [0.25, 0.3) is 209 Å². The molecule has 0 atom stereocenters. The normalized spacial score (nSPS) is 13.4. The summed E-state index contributed by atoms with van der Waals surface area (Å²) in [6.45, 7) is 0. The fraction of sp³-hybridized carbons (Fsp3) is 0.0368. The van der Waals surface area contributed by atoms with E-state index in [1.807, 2.05) is 18.6 Å². The molecule has 139 heavy (non-hydrogen) atoms. The third kappa shape index (κ3) is 11.1. The van der Waals surface area contributed by atoms with Crippen LogP contribution in [0.15, 0.2) is 492 Å². The Hall–Kier alpha value is -17.6. The van der Waals surface area contributed by atoms with Gasteiger partial charge < -0.3 is 0 Å². The average molecular weight is 1770 g/mol. The lowest BCUT2D eigenvalue weighted by atomic mass is 9.70. The number of rotatable bonds is 6. The number of aromatic nitrogens is 3. The highest BCUT2D eigenvalue weighted by atomic mass is 14.7. The molecule has 0 fully saturated rings. The molecule has 31 rings (SSSR count). The van der Waals surface area contributed by atoms with Crippen molar-refractivity contribution in [3.8, 4) is 134 Å². The molecule has 6 aliphatic carbocycles. The summed E-state index contributed by atoms with van der Waals surface area (Å²) in [5.41, 5.74) is 44.4. The summed E-state index contributed by atoms with van der Waals surface area (Å²) in [7, 11) is 0. The van der Waals surface area contributed by atoms with Crippen molar-refractivity contribution in [1.82, 2.24) is 15.0 Å². The molecule has 3 aromatic heterocycles. The molecule has 3 heteroatoms. The lowest BCUT2D eigenvalue weighted by molar-refractivity contribution is 0.791. The highest BCUT2D eigenvalue weighted by Crippen LogP contribution is 2.68. The summed E-state index contributed by atoms with van der Waals surface area (Å²) < 4.78 is 0. The van der Waals surface area contributed by atoms with Gasteiger partial charge in [-0.25, -0.2) is 0 Å². The number of pyridine rings is 3. The zero-order valence-corrected chi connectivity index (χ0v) is 74.6. The van der Waals surface area contributed by atoms with Gasteiger partial charge in [0.1, 0.15) is 0 Å². The molecule has 25 aromatic rings. The van der Waals surface area contributed by atoms with E-state index < -0.39 is 10.8 Å². The van der Waals surface area contributed by atoms with E-state index in [1.54, 1.807) is 0 Å². The summed E-state index contributed by atoms with van der Waals surface area (Å²) in [6.07, 6.45) is 5.84. The molecule has 22 aromatic carbocycles. The van der Waals surface area contributed by atoms with E-state index in [4.69, 9.17) is 15.0 Å².